The van der Waals surface area contributed by atoms with Crippen LogP contribution in [-0.2, 0) is 22.4 Å². The highest BCUT2D eigenvalue weighted by atomic mass is 16.4. The summed E-state index contributed by atoms with van der Waals surface area (Å²) in [6.07, 6.45) is 8.35. The van der Waals surface area contributed by atoms with Crippen molar-refractivity contribution >= 4 is 11.9 Å². The summed E-state index contributed by atoms with van der Waals surface area (Å²) >= 11 is 0. The normalized spacial score (nSPS) is 14.1. The first-order chi connectivity index (χ1) is 17.9. The molecule has 2 rings (SSSR count). The molecule has 0 heterocycles. The number of carboxylic acid groups (broad SMARTS) is 2. The van der Waals surface area contributed by atoms with Crippen LogP contribution in [0.4, 0.5) is 0 Å². The predicted octanol–water partition coefficient (Wildman–Crippen LogP) is 6.29. The number of aryl methyl sites for hydroxylation is 4. The Kier molecular flexibility index (Phi) is 16.3. The van der Waals surface area contributed by atoms with Crippen molar-refractivity contribution in [3.63, 3.8) is 0 Å². The Balaban J connectivity index is 0.000000380. The molecule has 6 nitrogen and oxygen atoms in total. The molecule has 0 amide bonds. The standard InChI is InChI=1S/2C16H25NO2/c2*1-12-6-8-14(9-7-12)5-3-4-13(2)10-15(17)11-16(18)19/h2*6-9,13,15H,3-5,10-11,17H2,1-2H3,(H,18,19)/t13-,15+;13-,15-/m10/s1. The summed E-state index contributed by atoms with van der Waals surface area (Å²) in [4.78, 5) is 21.1. The molecule has 0 aromatic heterocycles. The van der Waals surface area contributed by atoms with E-state index >= 15 is 0 Å². The molecule has 0 unspecified atom stereocenters. The minimum atomic E-state index is -0.806. The van der Waals surface area contributed by atoms with E-state index < -0.39 is 11.9 Å². The fraction of sp³-hybridized carbons (Fsp3) is 0.562. The summed E-state index contributed by atoms with van der Waals surface area (Å²) in [5, 5.41) is 17.3. The summed E-state index contributed by atoms with van der Waals surface area (Å²) in [5.41, 5.74) is 16.9. The molecule has 2 aromatic carbocycles. The van der Waals surface area contributed by atoms with Crippen molar-refractivity contribution in [3.8, 4) is 0 Å². The monoisotopic (exact) mass is 526 g/mol. The number of carboxylic acids is 2. The fourth-order valence-corrected chi connectivity index (χ4v) is 4.70. The van der Waals surface area contributed by atoms with Gasteiger partial charge < -0.3 is 21.7 Å². The van der Waals surface area contributed by atoms with E-state index in [9.17, 15) is 9.59 Å². The van der Waals surface area contributed by atoms with Gasteiger partial charge in [0, 0.05) is 12.1 Å². The van der Waals surface area contributed by atoms with E-state index in [1.54, 1.807) is 0 Å². The van der Waals surface area contributed by atoms with E-state index in [1.807, 2.05) is 0 Å². The third-order valence-corrected chi connectivity index (χ3v) is 6.85. The lowest BCUT2D eigenvalue weighted by Crippen LogP contribution is -2.26. The van der Waals surface area contributed by atoms with Gasteiger partial charge in [0.05, 0.1) is 12.8 Å². The molecule has 0 radical (unpaired) electrons. The Labute approximate surface area is 229 Å². The van der Waals surface area contributed by atoms with Crippen molar-refractivity contribution in [3.05, 3.63) is 70.8 Å². The lowest BCUT2D eigenvalue weighted by atomic mass is 9.94. The maximum absolute atomic E-state index is 10.5. The number of nitrogens with two attached hydrogens (primary N) is 2. The molecule has 0 fully saturated rings. The number of rotatable bonds is 16. The Bertz CT molecular complexity index is 850. The molecule has 0 saturated carbocycles. The average molecular weight is 527 g/mol. The van der Waals surface area contributed by atoms with Gasteiger partial charge in [0.15, 0.2) is 0 Å². The number of hydrogen-bond acceptors (Lipinski definition) is 4. The van der Waals surface area contributed by atoms with Crippen molar-refractivity contribution in [2.24, 2.45) is 23.3 Å². The van der Waals surface area contributed by atoms with Gasteiger partial charge in [-0.25, -0.2) is 0 Å². The van der Waals surface area contributed by atoms with Crippen LogP contribution in [0.15, 0.2) is 48.5 Å². The summed E-state index contributed by atoms with van der Waals surface area (Å²) in [7, 11) is 0. The summed E-state index contributed by atoms with van der Waals surface area (Å²) < 4.78 is 0. The van der Waals surface area contributed by atoms with Crippen molar-refractivity contribution in [2.75, 3.05) is 0 Å². The zero-order chi connectivity index (χ0) is 28.5. The number of hydrogen-bond donors (Lipinski definition) is 4. The smallest absolute Gasteiger partial charge is 0.304 e. The number of carbonyl (C=O) groups is 2. The van der Waals surface area contributed by atoms with Crippen LogP contribution in [0.25, 0.3) is 0 Å². The predicted molar refractivity (Wildman–Crippen MR) is 156 cm³/mol. The van der Waals surface area contributed by atoms with Gasteiger partial charge in [0.25, 0.3) is 0 Å². The topological polar surface area (TPSA) is 127 Å². The molecule has 0 bridgehead atoms. The molecule has 0 spiro atoms. The molecule has 212 valence electrons. The average Bonchev–Trinajstić information content (AvgIpc) is 2.81. The first-order valence-electron chi connectivity index (χ1n) is 14.0. The second-order valence-electron chi connectivity index (χ2n) is 11.2. The fourth-order valence-electron chi connectivity index (χ4n) is 4.70. The second-order valence-corrected chi connectivity index (χ2v) is 11.2. The molecule has 0 aliphatic rings. The first-order valence-corrected chi connectivity index (χ1v) is 14.0. The van der Waals surface area contributed by atoms with E-state index in [-0.39, 0.29) is 24.9 Å². The Morgan fingerprint density at radius 3 is 1.26 bits per heavy atom. The van der Waals surface area contributed by atoms with Gasteiger partial charge in [-0.15, -0.1) is 0 Å². The minimum absolute atomic E-state index is 0.0717. The van der Waals surface area contributed by atoms with Gasteiger partial charge in [-0.2, -0.15) is 0 Å². The van der Waals surface area contributed by atoms with Gasteiger partial charge in [-0.05, 0) is 75.3 Å². The van der Waals surface area contributed by atoms with E-state index in [2.05, 4.69) is 76.2 Å². The first kappa shape index (κ1) is 33.3. The molecule has 6 N–H and O–H groups in total. The van der Waals surface area contributed by atoms with Crippen LogP contribution >= 0.6 is 0 Å². The Morgan fingerprint density at radius 1 is 0.658 bits per heavy atom. The van der Waals surface area contributed by atoms with E-state index in [1.165, 1.54) is 22.3 Å². The molecule has 0 aliphatic carbocycles. The maximum atomic E-state index is 10.5. The van der Waals surface area contributed by atoms with Crippen LogP contribution in [0, 0.1) is 25.7 Å². The third kappa shape index (κ3) is 16.9. The lowest BCUT2D eigenvalue weighted by Gasteiger charge is -2.15. The summed E-state index contributed by atoms with van der Waals surface area (Å²) in [6.45, 7) is 8.49. The highest BCUT2D eigenvalue weighted by molar-refractivity contribution is 5.67. The van der Waals surface area contributed by atoms with Crippen LogP contribution in [0.3, 0.4) is 0 Å². The van der Waals surface area contributed by atoms with Crippen molar-refractivity contribution in [1.29, 1.82) is 0 Å². The maximum Gasteiger partial charge on any atom is 0.304 e. The molecule has 6 heteroatoms. The SMILES string of the molecule is Cc1ccc(CCC[C@@H](C)C[C@H](N)CC(=O)O)cc1.Cc1ccc(CCC[C@H](C)C[C@H](N)CC(=O)O)cc1. The largest absolute Gasteiger partial charge is 0.481 e. The Morgan fingerprint density at radius 2 is 0.974 bits per heavy atom. The minimum Gasteiger partial charge on any atom is -0.481 e. The zero-order valence-corrected chi connectivity index (χ0v) is 23.9. The highest BCUT2D eigenvalue weighted by Crippen LogP contribution is 2.17. The highest BCUT2D eigenvalue weighted by Gasteiger charge is 2.13. The summed E-state index contributed by atoms with van der Waals surface area (Å²) in [5.74, 6) is -0.640. The zero-order valence-electron chi connectivity index (χ0n) is 23.9. The van der Waals surface area contributed by atoms with Gasteiger partial charge in [0.1, 0.15) is 0 Å². The van der Waals surface area contributed by atoms with E-state index in [4.69, 9.17) is 21.7 Å². The molecule has 0 saturated heterocycles. The molecular weight excluding hydrogens is 476 g/mol. The third-order valence-electron chi connectivity index (χ3n) is 6.85. The number of aliphatic carboxylic acids is 2. The van der Waals surface area contributed by atoms with Crippen LogP contribution < -0.4 is 11.5 Å². The van der Waals surface area contributed by atoms with Crippen molar-refractivity contribution in [1.82, 2.24) is 0 Å². The van der Waals surface area contributed by atoms with E-state index in [0.29, 0.717) is 11.8 Å². The summed E-state index contributed by atoms with van der Waals surface area (Å²) in [6, 6.07) is 16.8. The molecule has 38 heavy (non-hydrogen) atoms. The molecule has 4 atom stereocenters. The van der Waals surface area contributed by atoms with Gasteiger partial charge in [-0.3, -0.25) is 9.59 Å². The van der Waals surface area contributed by atoms with Crippen LogP contribution in [0.2, 0.25) is 0 Å². The lowest BCUT2D eigenvalue weighted by molar-refractivity contribution is -0.138. The van der Waals surface area contributed by atoms with Crippen molar-refractivity contribution < 1.29 is 19.8 Å². The van der Waals surface area contributed by atoms with Crippen molar-refractivity contribution in [2.45, 2.75) is 104 Å². The van der Waals surface area contributed by atoms with Crippen LogP contribution in [-0.4, -0.2) is 34.2 Å². The van der Waals surface area contributed by atoms with E-state index in [0.717, 1.165) is 51.4 Å². The molecular formula is C32H50N2O4. The number of benzene rings is 2. The van der Waals surface area contributed by atoms with Crippen LogP contribution in [0.1, 0.15) is 87.5 Å². The van der Waals surface area contributed by atoms with Crippen LogP contribution in [0.5, 0.6) is 0 Å². The molecule has 2 aromatic rings. The second kappa shape index (κ2) is 18.5. The quantitative estimate of drug-likeness (QED) is 0.203. The van der Waals surface area contributed by atoms with Gasteiger partial charge >= 0.3 is 11.9 Å². The molecule has 0 aliphatic heterocycles. The van der Waals surface area contributed by atoms with Gasteiger partial charge in [-0.1, -0.05) is 86.3 Å². The van der Waals surface area contributed by atoms with Gasteiger partial charge in [0.2, 0.25) is 0 Å². The Hall–Kier alpha value is -2.70.